The van der Waals surface area contributed by atoms with E-state index in [4.69, 9.17) is 5.26 Å². The number of nitrogens with one attached hydrogen (secondary N) is 1. The molecule has 4 aromatic carbocycles. The lowest BCUT2D eigenvalue weighted by Gasteiger charge is -2.36. The van der Waals surface area contributed by atoms with Crippen LogP contribution in [0.15, 0.2) is 88.7 Å². The van der Waals surface area contributed by atoms with E-state index >= 15 is 0 Å². The number of sulfonamides is 1. The second-order valence-electron chi connectivity index (χ2n) is 11.6. The van der Waals surface area contributed by atoms with Crippen LogP contribution in [0.2, 0.25) is 0 Å². The molecule has 1 aliphatic heterocycles. The Morgan fingerprint density at radius 2 is 1.56 bits per heavy atom. The fourth-order valence-corrected chi connectivity index (χ4v) is 8.65. The first-order chi connectivity index (χ1) is 21.3. The smallest absolute Gasteiger partial charge is 0.244 e. The van der Waals surface area contributed by atoms with Crippen LogP contribution in [-0.2, 0) is 44.0 Å². The molecule has 4 aromatic rings. The van der Waals surface area contributed by atoms with Crippen molar-refractivity contribution in [1.29, 1.82) is 5.26 Å². The Kier molecular flexibility index (Phi) is 8.99. The lowest BCUT2D eigenvalue weighted by molar-refractivity contribution is -0.125. The SMILES string of the molecule is Cc1cc(C)c(S(=O)(=O)N2Cc3ccc(-c4cccc(S(C)(=O)=O)c4)cc3CC2C(=O)NCCc2ccc(C#N)cc2)c(C)c1. The molecule has 0 saturated heterocycles. The molecular weight excluding hydrogens is 607 g/mol. The topological polar surface area (TPSA) is 124 Å². The maximum absolute atomic E-state index is 14.3. The first-order valence-electron chi connectivity index (χ1n) is 14.6. The quantitative estimate of drug-likeness (QED) is 0.288. The van der Waals surface area contributed by atoms with Crippen LogP contribution < -0.4 is 5.32 Å². The highest BCUT2D eigenvalue weighted by molar-refractivity contribution is 7.90. The van der Waals surface area contributed by atoms with Crippen LogP contribution in [0.4, 0.5) is 0 Å². The van der Waals surface area contributed by atoms with Gasteiger partial charge in [0.05, 0.1) is 21.4 Å². The zero-order valence-electron chi connectivity index (χ0n) is 25.7. The van der Waals surface area contributed by atoms with Crippen molar-refractivity contribution >= 4 is 25.8 Å². The van der Waals surface area contributed by atoms with Gasteiger partial charge in [0.15, 0.2) is 9.84 Å². The number of carbonyl (C=O) groups is 1. The van der Waals surface area contributed by atoms with E-state index in [1.165, 1.54) is 4.31 Å². The van der Waals surface area contributed by atoms with Crippen molar-refractivity contribution in [2.24, 2.45) is 0 Å². The number of nitrogens with zero attached hydrogens (tertiary/aromatic N) is 2. The van der Waals surface area contributed by atoms with Gasteiger partial charge in [-0.05, 0) is 96.8 Å². The van der Waals surface area contributed by atoms with E-state index in [9.17, 15) is 21.6 Å². The molecule has 0 radical (unpaired) electrons. The molecule has 45 heavy (non-hydrogen) atoms. The number of rotatable bonds is 8. The minimum Gasteiger partial charge on any atom is -0.354 e. The van der Waals surface area contributed by atoms with Crippen molar-refractivity contribution in [3.8, 4) is 17.2 Å². The van der Waals surface area contributed by atoms with E-state index in [0.717, 1.165) is 34.1 Å². The predicted octanol–water partition coefficient (Wildman–Crippen LogP) is 5.03. The molecule has 1 amide bonds. The molecular formula is C35H35N3O5S2. The summed E-state index contributed by atoms with van der Waals surface area (Å²) in [7, 11) is -7.47. The summed E-state index contributed by atoms with van der Waals surface area (Å²) in [5, 5.41) is 12.0. The van der Waals surface area contributed by atoms with Gasteiger partial charge in [0.2, 0.25) is 15.9 Å². The number of nitriles is 1. The second-order valence-corrected chi connectivity index (χ2v) is 15.5. The maximum Gasteiger partial charge on any atom is 0.244 e. The summed E-state index contributed by atoms with van der Waals surface area (Å²) in [6, 6.07) is 24.2. The van der Waals surface area contributed by atoms with Gasteiger partial charge in [-0.3, -0.25) is 4.79 Å². The average Bonchev–Trinajstić information content (AvgIpc) is 2.99. The first-order valence-corrected chi connectivity index (χ1v) is 17.9. The molecule has 1 N–H and O–H groups in total. The summed E-state index contributed by atoms with van der Waals surface area (Å²) in [4.78, 5) is 14.2. The second kappa shape index (κ2) is 12.6. The summed E-state index contributed by atoms with van der Waals surface area (Å²) in [5.41, 5.74) is 6.80. The third kappa shape index (κ3) is 6.86. The minimum absolute atomic E-state index is 0.0157. The summed E-state index contributed by atoms with van der Waals surface area (Å²) in [5.74, 6) is -0.398. The number of sulfone groups is 1. The molecule has 10 heteroatoms. The van der Waals surface area contributed by atoms with Crippen molar-refractivity contribution in [1.82, 2.24) is 9.62 Å². The molecule has 232 valence electrons. The normalized spacial score (nSPS) is 15.2. The molecule has 1 atom stereocenters. The monoisotopic (exact) mass is 641 g/mol. The Balaban J connectivity index is 1.49. The van der Waals surface area contributed by atoms with Gasteiger partial charge in [-0.2, -0.15) is 9.57 Å². The third-order valence-electron chi connectivity index (χ3n) is 8.16. The number of hydrogen-bond donors (Lipinski definition) is 1. The van der Waals surface area contributed by atoms with E-state index in [2.05, 4.69) is 11.4 Å². The number of carbonyl (C=O) groups excluding carboxylic acids is 1. The maximum atomic E-state index is 14.3. The first kappa shape index (κ1) is 32.1. The highest BCUT2D eigenvalue weighted by atomic mass is 32.2. The van der Waals surface area contributed by atoms with Gasteiger partial charge in [-0.1, -0.05) is 60.2 Å². The van der Waals surface area contributed by atoms with Gasteiger partial charge in [-0.15, -0.1) is 0 Å². The lowest BCUT2D eigenvalue weighted by atomic mass is 9.91. The van der Waals surface area contributed by atoms with E-state index in [0.29, 0.717) is 35.2 Å². The van der Waals surface area contributed by atoms with Gasteiger partial charge < -0.3 is 5.32 Å². The van der Waals surface area contributed by atoms with Crippen LogP contribution in [0.25, 0.3) is 11.1 Å². The molecule has 0 saturated carbocycles. The summed E-state index contributed by atoms with van der Waals surface area (Å²) in [6.07, 6.45) is 1.83. The fraction of sp³-hybridized carbons (Fsp3) is 0.257. The van der Waals surface area contributed by atoms with Crippen LogP contribution in [0.5, 0.6) is 0 Å². The van der Waals surface area contributed by atoms with Crippen molar-refractivity contribution in [3.63, 3.8) is 0 Å². The fourth-order valence-electron chi connectivity index (χ4n) is 6.00. The Bertz CT molecular complexity index is 2020. The van der Waals surface area contributed by atoms with Crippen LogP contribution in [0.3, 0.4) is 0 Å². The zero-order valence-corrected chi connectivity index (χ0v) is 27.3. The van der Waals surface area contributed by atoms with E-state index in [-0.39, 0.29) is 22.8 Å². The van der Waals surface area contributed by atoms with Crippen molar-refractivity contribution < 1.29 is 21.6 Å². The number of benzene rings is 4. The van der Waals surface area contributed by atoms with E-state index < -0.39 is 31.8 Å². The van der Waals surface area contributed by atoms with E-state index in [1.807, 2.05) is 55.5 Å². The molecule has 0 spiro atoms. The molecule has 0 bridgehead atoms. The number of fused-ring (bicyclic) bond motifs is 1. The molecule has 1 unspecified atom stereocenters. The van der Waals surface area contributed by atoms with Crippen LogP contribution in [0.1, 0.15) is 38.9 Å². The van der Waals surface area contributed by atoms with Gasteiger partial charge in [0.1, 0.15) is 6.04 Å². The van der Waals surface area contributed by atoms with Crippen molar-refractivity contribution in [2.45, 2.75) is 56.0 Å². The Morgan fingerprint density at radius 3 is 2.20 bits per heavy atom. The zero-order chi connectivity index (χ0) is 32.5. The molecule has 8 nitrogen and oxygen atoms in total. The van der Waals surface area contributed by atoms with Crippen LogP contribution in [-0.4, -0.2) is 45.9 Å². The largest absolute Gasteiger partial charge is 0.354 e. The van der Waals surface area contributed by atoms with E-state index in [1.54, 1.807) is 44.2 Å². The predicted molar refractivity (Wildman–Crippen MR) is 174 cm³/mol. The van der Waals surface area contributed by atoms with Gasteiger partial charge in [-0.25, -0.2) is 16.8 Å². The molecule has 0 aliphatic carbocycles. The molecule has 0 fully saturated rings. The molecule has 0 aromatic heterocycles. The van der Waals surface area contributed by atoms with Gasteiger partial charge >= 0.3 is 0 Å². The standard InChI is InChI=1S/C35H35N3O5S2/c1-23-16-24(2)34(25(3)17-23)45(42,43)38-22-30-13-12-29(28-6-5-7-32(19-28)44(4,40)41)18-31(30)20-33(38)35(39)37-15-14-26-8-10-27(21-36)11-9-26/h5-13,16-19,33H,14-15,20,22H2,1-4H3,(H,37,39). The molecule has 1 heterocycles. The Hall–Kier alpha value is -4.30. The highest BCUT2D eigenvalue weighted by Crippen LogP contribution is 2.34. The van der Waals surface area contributed by atoms with Gasteiger partial charge in [0.25, 0.3) is 0 Å². The van der Waals surface area contributed by atoms with Crippen molar-refractivity contribution in [2.75, 3.05) is 12.8 Å². The Labute approximate surface area is 265 Å². The van der Waals surface area contributed by atoms with Gasteiger partial charge in [0, 0.05) is 19.3 Å². The summed E-state index contributed by atoms with van der Waals surface area (Å²) in [6.45, 7) is 5.77. The highest BCUT2D eigenvalue weighted by Gasteiger charge is 2.40. The number of amides is 1. The minimum atomic E-state index is -4.07. The number of hydrogen-bond acceptors (Lipinski definition) is 6. The summed E-state index contributed by atoms with van der Waals surface area (Å²) >= 11 is 0. The van der Waals surface area contributed by atoms with Crippen LogP contribution >= 0.6 is 0 Å². The average molecular weight is 642 g/mol. The number of aryl methyl sites for hydroxylation is 3. The Morgan fingerprint density at radius 1 is 0.889 bits per heavy atom. The molecule has 1 aliphatic rings. The summed E-state index contributed by atoms with van der Waals surface area (Å²) < 4.78 is 54.2. The molecule has 5 rings (SSSR count). The lowest BCUT2D eigenvalue weighted by Crippen LogP contribution is -2.52. The van der Waals surface area contributed by atoms with Crippen LogP contribution in [0, 0.1) is 32.1 Å². The third-order valence-corrected chi connectivity index (χ3v) is 11.4. The van der Waals surface area contributed by atoms with Crippen molar-refractivity contribution in [3.05, 3.63) is 118 Å².